The number of carbonyl (C=O) groups excluding carboxylic acids is 5. The molecule has 0 N–H and O–H groups in total. The fourth-order valence-electron chi connectivity index (χ4n) is 5.41. The maximum absolute atomic E-state index is 13.7. The topological polar surface area (TPSA) is 91.8 Å². The van der Waals surface area contributed by atoms with E-state index in [1.165, 1.54) is 17.0 Å². The monoisotopic (exact) mass is 490 g/mol. The summed E-state index contributed by atoms with van der Waals surface area (Å²) in [6.45, 7) is 15.2. The van der Waals surface area contributed by atoms with Crippen LogP contribution >= 0.6 is 0 Å². The van der Waals surface area contributed by atoms with Crippen LogP contribution in [0.1, 0.15) is 110 Å². The maximum atomic E-state index is 13.7. The first-order valence-electron chi connectivity index (χ1n) is 12.7. The van der Waals surface area contributed by atoms with Crippen LogP contribution in [-0.4, -0.2) is 44.9 Å². The number of hydrogen-bond acceptors (Lipinski definition) is 5. The summed E-state index contributed by atoms with van der Waals surface area (Å²) in [4.78, 5) is 70.2. The highest BCUT2D eigenvalue weighted by Gasteiger charge is 2.49. The number of imide groups is 4. The lowest BCUT2D eigenvalue weighted by molar-refractivity contribution is -0.138. The number of carbonyl (C=O) groups is 5. The summed E-state index contributed by atoms with van der Waals surface area (Å²) < 4.78 is 0. The second kappa shape index (κ2) is 8.36. The number of benzene rings is 2. The highest BCUT2D eigenvalue weighted by Crippen LogP contribution is 2.43. The second-order valence-corrected chi connectivity index (χ2v) is 11.1. The molecule has 0 spiro atoms. The van der Waals surface area contributed by atoms with Gasteiger partial charge in [0.15, 0.2) is 0 Å². The highest BCUT2D eigenvalue weighted by molar-refractivity contribution is 6.36. The smallest absolute Gasteiger partial charge is 0.268 e. The van der Waals surface area contributed by atoms with Crippen molar-refractivity contribution in [3.63, 3.8) is 0 Å². The third-order valence-electron chi connectivity index (χ3n) is 9.07. The summed E-state index contributed by atoms with van der Waals surface area (Å²) in [5, 5.41) is 0.588. The minimum atomic E-state index is -0.902. The lowest BCUT2D eigenvalue weighted by Crippen LogP contribution is -2.57. The number of rotatable bonds is 6. The van der Waals surface area contributed by atoms with E-state index in [0.29, 0.717) is 18.2 Å². The molecule has 2 aliphatic heterocycles. The molecule has 2 heterocycles. The fourth-order valence-corrected chi connectivity index (χ4v) is 5.41. The number of nitrogens with zero attached hydrogens (tertiary/aromatic N) is 2. The quantitative estimate of drug-likeness (QED) is 0.502. The summed E-state index contributed by atoms with van der Waals surface area (Å²) in [5.74, 6) is -2.93. The third-order valence-corrected chi connectivity index (χ3v) is 9.07. The first-order valence-corrected chi connectivity index (χ1v) is 12.7. The Balaban J connectivity index is 1.94. The molecular weight excluding hydrogens is 456 g/mol. The van der Waals surface area contributed by atoms with Gasteiger partial charge in [0, 0.05) is 38.4 Å². The van der Waals surface area contributed by atoms with Crippen molar-refractivity contribution < 1.29 is 24.0 Å². The van der Waals surface area contributed by atoms with Crippen molar-refractivity contribution in [3.8, 4) is 0 Å². The standard InChI is InChI=1S/C29H34N2O5/c1-9-28(7,15(3)4)27(36)30-23(32)17-11-13-19-22-20(14-12-18(21(17)22)24(30)33)26(35)31(25(19)34)29(8,10-2)16(5)6/h11-16H,9-10H2,1-8H3. The van der Waals surface area contributed by atoms with Gasteiger partial charge < -0.3 is 0 Å². The SMILES string of the molecule is CCC(C)(C(=O)N1C(=O)c2ccc3c4c(ccc(c24)C1=O)C(=O)N(C(C)(CC)C(C)C)C3=O)C(C)C. The molecule has 7 nitrogen and oxygen atoms in total. The van der Waals surface area contributed by atoms with E-state index < -0.39 is 40.5 Å². The molecule has 0 bridgehead atoms. The molecule has 2 aromatic carbocycles. The van der Waals surface area contributed by atoms with E-state index in [1.54, 1.807) is 19.1 Å². The normalized spacial score (nSPS) is 18.8. The Hall–Kier alpha value is -3.35. The van der Waals surface area contributed by atoms with Crippen molar-refractivity contribution in [2.45, 2.75) is 73.8 Å². The van der Waals surface area contributed by atoms with Gasteiger partial charge in [-0.1, -0.05) is 48.5 Å². The van der Waals surface area contributed by atoms with Crippen LogP contribution in [0.3, 0.4) is 0 Å². The Morgan fingerprint density at radius 3 is 1.39 bits per heavy atom. The predicted molar refractivity (Wildman–Crippen MR) is 137 cm³/mol. The first-order chi connectivity index (χ1) is 16.8. The first kappa shape index (κ1) is 25.7. The summed E-state index contributed by atoms with van der Waals surface area (Å²) >= 11 is 0. The molecule has 0 fully saturated rings. The molecule has 5 amide bonds. The van der Waals surface area contributed by atoms with Crippen LogP contribution in [0, 0.1) is 17.3 Å². The van der Waals surface area contributed by atoms with E-state index in [9.17, 15) is 24.0 Å². The van der Waals surface area contributed by atoms with Crippen LogP contribution in [0.15, 0.2) is 24.3 Å². The van der Waals surface area contributed by atoms with Gasteiger partial charge in [-0.25, -0.2) is 4.90 Å². The molecule has 0 saturated heterocycles. The minimum absolute atomic E-state index is 0.0152. The Morgan fingerprint density at radius 1 is 0.694 bits per heavy atom. The number of hydrogen-bond donors (Lipinski definition) is 0. The van der Waals surface area contributed by atoms with Crippen molar-refractivity contribution in [1.82, 2.24) is 9.80 Å². The van der Waals surface area contributed by atoms with Gasteiger partial charge in [-0.3, -0.25) is 28.9 Å². The summed E-state index contributed by atoms with van der Waals surface area (Å²) in [6.07, 6.45) is 1.04. The zero-order valence-electron chi connectivity index (χ0n) is 22.3. The van der Waals surface area contributed by atoms with E-state index in [2.05, 4.69) is 0 Å². The largest absolute Gasteiger partial charge is 0.273 e. The number of amides is 5. The van der Waals surface area contributed by atoms with Crippen LogP contribution in [0.4, 0.5) is 0 Å². The van der Waals surface area contributed by atoms with Gasteiger partial charge in [-0.05, 0) is 55.9 Å². The molecular formula is C29H34N2O5. The van der Waals surface area contributed by atoms with E-state index in [0.717, 1.165) is 4.90 Å². The Morgan fingerprint density at radius 2 is 1.08 bits per heavy atom. The van der Waals surface area contributed by atoms with Crippen molar-refractivity contribution in [3.05, 3.63) is 46.5 Å². The van der Waals surface area contributed by atoms with Gasteiger partial charge in [0.05, 0.1) is 5.54 Å². The lowest BCUT2D eigenvalue weighted by Gasteiger charge is -2.44. The van der Waals surface area contributed by atoms with Crippen molar-refractivity contribution in [2.75, 3.05) is 0 Å². The van der Waals surface area contributed by atoms with Gasteiger partial charge in [-0.15, -0.1) is 0 Å². The van der Waals surface area contributed by atoms with Crippen molar-refractivity contribution >= 4 is 40.3 Å². The summed E-state index contributed by atoms with van der Waals surface area (Å²) in [5.41, 5.74) is -0.740. The molecule has 0 radical (unpaired) electrons. The average molecular weight is 491 g/mol. The molecule has 4 rings (SSSR count). The molecule has 2 aliphatic rings. The molecule has 0 aliphatic carbocycles. The maximum Gasteiger partial charge on any atom is 0.268 e. The average Bonchev–Trinajstić information content (AvgIpc) is 2.84. The van der Waals surface area contributed by atoms with Crippen LogP contribution in [0.2, 0.25) is 0 Å². The Kier molecular flexibility index (Phi) is 5.97. The molecule has 2 aromatic rings. The van der Waals surface area contributed by atoms with Crippen LogP contribution in [-0.2, 0) is 4.79 Å². The summed E-state index contributed by atoms with van der Waals surface area (Å²) in [7, 11) is 0. The zero-order valence-corrected chi connectivity index (χ0v) is 22.3. The van der Waals surface area contributed by atoms with Gasteiger partial charge >= 0.3 is 0 Å². The van der Waals surface area contributed by atoms with E-state index >= 15 is 0 Å². The molecule has 36 heavy (non-hydrogen) atoms. The van der Waals surface area contributed by atoms with E-state index in [-0.39, 0.29) is 39.5 Å². The second-order valence-electron chi connectivity index (χ2n) is 11.1. The predicted octanol–water partition coefficient (Wildman–Crippen LogP) is 5.46. The van der Waals surface area contributed by atoms with Gasteiger partial charge in [-0.2, -0.15) is 0 Å². The lowest BCUT2D eigenvalue weighted by atomic mass is 9.75. The molecule has 2 unspecified atom stereocenters. The van der Waals surface area contributed by atoms with E-state index in [1.807, 2.05) is 48.5 Å². The van der Waals surface area contributed by atoms with Crippen molar-refractivity contribution in [1.29, 1.82) is 0 Å². The van der Waals surface area contributed by atoms with Crippen LogP contribution in [0.25, 0.3) is 10.8 Å². The molecule has 2 atom stereocenters. The molecule has 190 valence electrons. The molecule has 7 heteroatoms. The molecule has 0 aromatic heterocycles. The van der Waals surface area contributed by atoms with Crippen LogP contribution in [0.5, 0.6) is 0 Å². The summed E-state index contributed by atoms with van der Waals surface area (Å²) in [6, 6.07) is 6.09. The Bertz CT molecular complexity index is 1290. The third kappa shape index (κ3) is 3.14. The minimum Gasteiger partial charge on any atom is -0.273 e. The Labute approximate surface area is 211 Å². The van der Waals surface area contributed by atoms with Gasteiger partial charge in [0.2, 0.25) is 5.91 Å². The van der Waals surface area contributed by atoms with Crippen LogP contribution < -0.4 is 0 Å². The highest BCUT2D eigenvalue weighted by atomic mass is 16.2. The van der Waals surface area contributed by atoms with Gasteiger partial charge in [0.25, 0.3) is 23.6 Å². The fraction of sp³-hybridized carbons (Fsp3) is 0.483. The molecule has 0 saturated carbocycles. The van der Waals surface area contributed by atoms with Crippen molar-refractivity contribution in [2.24, 2.45) is 17.3 Å². The van der Waals surface area contributed by atoms with E-state index in [4.69, 9.17) is 0 Å². The van der Waals surface area contributed by atoms with Gasteiger partial charge in [0.1, 0.15) is 0 Å². The zero-order chi connectivity index (χ0) is 26.9.